The van der Waals surface area contributed by atoms with Crippen LogP contribution in [0.15, 0.2) is 0 Å². The molecule has 0 radical (unpaired) electrons. The van der Waals surface area contributed by atoms with Crippen LogP contribution >= 0.6 is 0 Å². The van der Waals surface area contributed by atoms with Crippen LogP contribution in [0.2, 0.25) is 0 Å². The van der Waals surface area contributed by atoms with E-state index in [4.69, 9.17) is 18.9 Å². The molecule has 0 aromatic heterocycles. The number of carbonyl (C=O) groups excluding carboxylic acids is 4. The Morgan fingerprint density at radius 3 is 0.812 bits per heavy atom. The summed E-state index contributed by atoms with van der Waals surface area (Å²) in [6, 6.07) is 0. The molecule has 4 saturated heterocycles. The average Bonchev–Trinajstić information content (AvgIpc) is 3.06. The standard InChI is InChI=1S/C30H56N2O4.C22H40N2O4/c1-27(2)19-23(20-28(3,4)31(27)9)35-25(33)17-15-13-11-12-14-16-18-26(34)36-24-21-29(5,6)32(10)30(7,8)22-24;1-19(2)11-15(12-20(3,4)23-19)27-17(25)9-10-18(26)28-16-13-21(5,6)24-22(7,8)14-16/h23-24H,11-22H2,1-10H3;15-16,23-24H,9-14H2,1-8H3. The second-order valence-electron chi connectivity index (χ2n) is 25.4. The van der Waals surface area contributed by atoms with E-state index in [0.29, 0.717) is 12.8 Å². The first-order chi connectivity index (χ1) is 29.0. The SMILES string of the molecule is CC1(C)CC(OC(=O)CCC(=O)OC2CC(C)(C)NC(C)(C)C2)CC(C)(C)N1.CN1C(C)(C)CC(OC(=O)CCCCCCCCC(=O)OC2CC(C)(C)N(C)C(C)(C)C2)CC1(C)C. The molecule has 2 N–H and O–H groups in total. The number of hydrogen-bond acceptors (Lipinski definition) is 12. The van der Waals surface area contributed by atoms with Gasteiger partial charge in [-0.05, 0) is 138 Å². The maximum Gasteiger partial charge on any atom is 0.306 e. The number of piperidine rings is 4. The fourth-order valence-electron chi connectivity index (χ4n) is 11.8. The molecular formula is C52H96N4O8. The predicted molar refractivity (Wildman–Crippen MR) is 257 cm³/mol. The van der Waals surface area contributed by atoms with E-state index in [-0.39, 0.29) is 105 Å². The van der Waals surface area contributed by atoms with Crippen LogP contribution in [0.25, 0.3) is 0 Å². The number of ether oxygens (including phenoxy) is 4. The third-order valence-electron chi connectivity index (χ3n) is 14.6. The van der Waals surface area contributed by atoms with Crippen LogP contribution in [0.1, 0.15) is 226 Å². The maximum absolute atomic E-state index is 12.4. The highest BCUT2D eigenvalue weighted by atomic mass is 16.6. The lowest BCUT2D eigenvalue weighted by atomic mass is 9.78. The van der Waals surface area contributed by atoms with Crippen LogP contribution in [-0.4, -0.2) is 116 Å². The highest BCUT2D eigenvalue weighted by Gasteiger charge is 2.46. The first kappa shape index (κ1) is 56.0. The van der Waals surface area contributed by atoms with Gasteiger partial charge in [0.15, 0.2) is 0 Å². The van der Waals surface area contributed by atoms with E-state index in [1.54, 1.807) is 0 Å². The molecule has 0 saturated carbocycles. The molecule has 0 bridgehead atoms. The smallest absolute Gasteiger partial charge is 0.306 e. The molecule has 4 heterocycles. The minimum atomic E-state index is -0.318. The lowest BCUT2D eigenvalue weighted by Gasteiger charge is -2.53. The lowest BCUT2D eigenvalue weighted by molar-refractivity contribution is -0.160. The van der Waals surface area contributed by atoms with E-state index < -0.39 is 0 Å². The summed E-state index contributed by atoms with van der Waals surface area (Å²) in [5.74, 6) is -0.749. The van der Waals surface area contributed by atoms with Gasteiger partial charge in [0.1, 0.15) is 24.4 Å². The number of nitrogens with zero attached hydrogens (tertiary/aromatic N) is 2. The van der Waals surface area contributed by atoms with Crippen LogP contribution in [0, 0.1) is 0 Å². The van der Waals surface area contributed by atoms with Crippen molar-refractivity contribution < 1.29 is 38.1 Å². The molecule has 4 aliphatic heterocycles. The first-order valence-electron chi connectivity index (χ1n) is 24.9. The van der Waals surface area contributed by atoms with Crippen molar-refractivity contribution in [2.24, 2.45) is 0 Å². The Morgan fingerprint density at radius 1 is 0.359 bits per heavy atom. The molecule has 372 valence electrons. The minimum absolute atomic E-state index is 0.00474. The van der Waals surface area contributed by atoms with Gasteiger partial charge in [0.05, 0.1) is 12.8 Å². The van der Waals surface area contributed by atoms with E-state index in [2.05, 4.69) is 145 Å². The maximum atomic E-state index is 12.4. The van der Waals surface area contributed by atoms with Gasteiger partial charge in [-0.2, -0.15) is 0 Å². The molecule has 0 unspecified atom stereocenters. The number of esters is 4. The number of likely N-dealkylation sites (tertiary alicyclic amines) is 2. The van der Waals surface area contributed by atoms with E-state index in [9.17, 15) is 19.2 Å². The third kappa shape index (κ3) is 18.4. The van der Waals surface area contributed by atoms with Crippen molar-refractivity contribution in [3.8, 4) is 0 Å². The number of unbranched alkanes of at least 4 members (excludes halogenated alkanes) is 5. The van der Waals surface area contributed by atoms with Crippen LogP contribution in [-0.2, 0) is 38.1 Å². The fraction of sp³-hybridized carbons (Fsp3) is 0.923. The van der Waals surface area contributed by atoms with E-state index in [0.717, 1.165) is 89.9 Å². The van der Waals surface area contributed by atoms with E-state index >= 15 is 0 Å². The predicted octanol–water partition coefficient (Wildman–Crippen LogP) is 9.97. The van der Waals surface area contributed by atoms with Gasteiger partial charge in [0.2, 0.25) is 0 Å². The molecule has 64 heavy (non-hydrogen) atoms. The van der Waals surface area contributed by atoms with Gasteiger partial charge in [-0.1, -0.05) is 25.7 Å². The summed E-state index contributed by atoms with van der Waals surface area (Å²) in [4.78, 5) is 54.2. The van der Waals surface area contributed by atoms with Crippen LogP contribution in [0.5, 0.6) is 0 Å². The van der Waals surface area contributed by atoms with Crippen molar-refractivity contribution in [2.45, 2.75) is 295 Å². The van der Waals surface area contributed by atoms with Gasteiger partial charge in [0.25, 0.3) is 0 Å². The van der Waals surface area contributed by atoms with Crippen LogP contribution in [0.3, 0.4) is 0 Å². The van der Waals surface area contributed by atoms with Crippen molar-refractivity contribution in [1.29, 1.82) is 0 Å². The molecule has 12 nitrogen and oxygen atoms in total. The van der Waals surface area contributed by atoms with Crippen LogP contribution < -0.4 is 10.6 Å². The summed E-state index contributed by atoms with van der Waals surface area (Å²) in [6.45, 7) is 34.8. The normalized spacial score (nSPS) is 25.3. The fourth-order valence-corrected chi connectivity index (χ4v) is 11.8. The van der Waals surface area contributed by atoms with Gasteiger partial charge in [-0.15, -0.1) is 0 Å². The second-order valence-corrected chi connectivity index (χ2v) is 25.4. The zero-order valence-corrected chi connectivity index (χ0v) is 44.2. The minimum Gasteiger partial charge on any atom is -0.462 e. The second kappa shape index (κ2) is 21.8. The Labute approximate surface area is 390 Å². The summed E-state index contributed by atoms with van der Waals surface area (Å²) < 4.78 is 23.1. The highest BCUT2D eigenvalue weighted by molar-refractivity contribution is 5.78. The van der Waals surface area contributed by atoms with Gasteiger partial charge < -0.3 is 29.6 Å². The monoisotopic (exact) mass is 905 g/mol. The van der Waals surface area contributed by atoms with Gasteiger partial charge in [0, 0.05) is 109 Å². The molecule has 0 aliphatic carbocycles. The van der Waals surface area contributed by atoms with Crippen molar-refractivity contribution in [3.05, 3.63) is 0 Å². The highest BCUT2D eigenvalue weighted by Crippen LogP contribution is 2.40. The van der Waals surface area contributed by atoms with Gasteiger partial charge in [-0.3, -0.25) is 29.0 Å². The molecule has 0 amide bonds. The topological polar surface area (TPSA) is 136 Å². The van der Waals surface area contributed by atoms with Crippen molar-refractivity contribution in [1.82, 2.24) is 20.4 Å². The summed E-state index contributed by atoms with van der Waals surface area (Å²) in [5.41, 5.74) is -0.224. The molecule has 12 heteroatoms. The van der Waals surface area contributed by atoms with Crippen molar-refractivity contribution in [2.75, 3.05) is 14.1 Å². The Hall–Kier alpha value is -2.28. The summed E-state index contributed by atoms with van der Waals surface area (Å²) in [6.07, 6.45) is 13.5. The molecule has 4 rings (SSSR count). The van der Waals surface area contributed by atoms with Gasteiger partial charge in [-0.25, -0.2) is 0 Å². The molecular weight excluding hydrogens is 809 g/mol. The number of carbonyl (C=O) groups is 4. The first-order valence-corrected chi connectivity index (χ1v) is 24.9. The number of rotatable bonds is 16. The Morgan fingerprint density at radius 2 is 0.562 bits per heavy atom. The quantitative estimate of drug-likeness (QED) is 0.0867. The van der Waals surface area contributed by atoms with Crippen LogP contribution in [0.4, 0.5) is 0 Å². The molecule has 0 aromatic carbocycles. The molecule has 0 atom stereocenters. The third-order valence-corrected chi connectivity index (χ3v) is 14.6. The Balaban J connectivity index is 0.000000351. The van der Waals surface area contributed by atoms with Gasteiger partial charge >= 0.3 is 23.9 Å². The summed E-state index contributed by atoms with van der Waals surface area (Å²) >= 11 is 0. The zero-order chi connectivity index (χ0) is 48.7. The Kier molecular flexibility index (Phi) is 19.1. The van der Waals surface area contributed by atoms with E-state index in [1.165, 1.54) is 0 Å². The zero-order valence-electron chi connectivity index (χ0n) is 44.2. The summed E-state index contributed by atoms with van der Waals surface area (Å²) in [7, 11) is 4.33. The van der Waals surface area contributed by atoms with Crippen molar-refractivity contribution >= 4 is 23.9 Å². The average molecular weight is 905 g/mol. The lowest BCUT2D eigenvalue weighted by Crippen LogP contribution is -2.60. The van der Waals surface area contributed by atoms with Crippen molar-refractivity contribution in [3.63, 3.8) is 0 Å². The van der Waals surface area contributed by atoms with E-state index in [1.807, 2.05) is 0 Å². The molecule has 0 aromatic rings. The Bertz CT molecular complexity index is 1380. The largest absolute Gasteiger partial charge is 0.462 e. The molecule has 4 aliphatic rings. The number of hydrogen-bond donors (Lipinski definition) is 2. The molecule has 4 fully saturated rings. The number of nitrogens with one attached hydrogen (secondary N) is 2. The molecule has 0 spiro atoms. The summed E-state index contributed by atoms with van der Waals surface area (Å²) in [5, 5.41) is 7.15.